The van der Waals surface area contributed by atoms with Crippen LogP contribution in [-0.2, 0) is 17.8 Å². The molecule has 0 aliphatic heterocycles. The lowest BCUT2D eigenvalue weighted by atomic mass is 10.2. The summed E-state index contributed by atoms with van der Waals surface area (Å²) in [4.78, 5) is 18.6. The van der Waals surface area contributed by atoms with Crippen molar-refractivity contribution in [2.75, 3.05) is 6.54 Å². The SMILES string of the molecule is Cc1[nH]c(=S)ncc1CCNC(=O)OCc1ccccc1. The van der Waals surface area contributed by atoms with Crippen LogP contribution in [0, 0.1) is 11.7 Å². The maximum Gasteiger partial charge on any atom is 0.407 e. The van der Waals surface area contributed by atoms with Crippen LogP contribution in [0.2, 0.25) is 0 Å². The molecule has 21 heavy (non-hydrogen) atoms. The minimum atomic E-state index is -0.423. The summed E-state index contributed by atoms with van der Waals surface area (Å²) in [6.07, 6.45) is 1.98. The Bertz CT molecular complexity index is 655. The maximum absolute atomic E-state index is 11.6. The lowest BCUT2D eigenvalue weighted by Gasteiger charge is -2.08. The molecule has 2 aromatic rings. The highest BCUT2D eigenvalue weighted by Gasteiger charge is 2.04. The standard InChI is InChI=1S/C15H17N3O2S/c1-11-13(9-17-14(21)18-11)7-8-16-15(19)20-10-12-5-3-2-4-6-12/h2-6,9H,7-8,10H2,1H3,(H,16,19)(H,17,18,21). The lowest BCUT2D eigenvalue weighted by molar-refractivity contribution is 0.140. The molecule has 0 saturated carbocycles. The number of aromatic nitrogens is 2. The Kier molecular flexibility index (Phi) is 5.45. The van der Waals surface area contributed by atoms with Gasteiger partial charge in [0.15, 0.2) is 4.77 Å². The molecule has 2 rings (SSSR count). The topological polar surface area (TPSA) is 67.0 Å². The molecule has 0 fully saturated rings. The Morgan fingerprint density at radius 3 is 2.86 bits per heavy atom. The fourth-order valence-corrected chi connectivity index (χ4v) is 2.04. The van der Waals surface area contributed by atoms with Crippen molar-refractivity contribution in [2.45, 2.75) is 20.0 Å². The second-order valence-corrected chi connectivity index (χ2v) is 4.96. The summed E-state index contributed by atoms with van der Waals surface area (Å²) in [6, 6.07) is 9.56. The summed E-state index contributed by atoms with van der Waals surface area (Å²) >= 11 is 4.94. The average Bonchev–Trinajstić information content (AvgIpc) is 2.48. The van der Waals surface area contributed by atoms with Crippen LogP contribution in [0.25, 0.3) is 0 Å². The third kappa shape index (κ3) is 5.00. The number of carbonyl (C=O) groups excluding carboxylic acids is 1. The molecule has 0 spiro atoms. The number of hydrogen-bond acceptors (Lipinski definition) is 4. The van der Waals surface area contributed by atoms with Crippen molar-refractivity contribution in [1.82, 2.24) is 15.3 Å². The molecule has 1 aromatic heterocycles. The summed E-state index contributed by atoms with van der Waals surface area (Å²) in [5, 5.41) is 2.71. The van der Waals surface area contributed by atoms with Gasteiger partial charge in [0, 0.05) is 18.4 Å². The molecule has 0 aliphatic rings. The molecule has 0 unspecified atom stereocenters. The van der Waals surface area contributed by atoms with Crippen LogP contribution >= 0.6 is 12.2 Å². The smallest absolute Gasteiger partial charge is 0.407 e. The van der Waals surface area contributed by atoms with E-state index >= 15 is 0 Å². The number of benzene rings is 1. The van der Waals surface area contributed by atoms with Gasteiger partial charge in [0.25, 0.3) is 0 Å². The van der Waals surface area contributed by atoms with Gasteiger partial charge in [-0.3, -0.25) is 0 Å². The Hall–Kier alpha value is -2.21. The highest BCUT2D eigenvalue weighted by atomic mass is 32.1. The van der Waals surface area contributed by atoms with Crippen molar-refractivity contribution >= 4 is 18.3 Å². The Morgan fingerprint density at radius 2 is 2.14 bits per heavy atom. The van der Waals surface area contributed by atoms with Gasteiger partial charge in [-0.25, -0.2) is 9.78 Å². The fourth-order valence-electron chi connectivity index (χ4n) is 1.83. The van der Waals surface area contributed by atoms with Crippen molar-refractivity contribution in [3.05, 3.63) is 58.1 Å². The number of rotatable bonds is 5. The summed E-state index contributed by atoms with van der Waals surface area (Å²) < 4.78 is 5.59. The van der Waals surface area contributed by atoms with Gasteiger partial charge in [-0.15, -0.1) is 0 Å². The largest absolute Gasteiger partial charge is 0.445 e. The molecule has 0 saturated heterocycles. The second kappa shape index (κ2) is 7.54. The summed E-state index contributed by atoms with van der Waals surface area (Å²) in [5.74, 6) is 0. The quantitative estimate of drug-likeness (QED) is 0.833. The van der Waals surface area contributed by atoms with Crippen molar-refractivity contribution in [3.63, 3.8) is 0 Å². The molecular weight excluding hydrogens is 286 g/mol. The summed E-state index contributed by atoms with van der Waals surface area (Å²) in [6.45, 7) is 2.69. The van der Waals surface area contributed by atoms with Crippen molar-refractivity contribution in [1.29, 1.82) is 0 Å². The third-order valence-electron chi connectivity index (χ3n) is 2.99. The number of hydrogen-bond donors (Lipinski definition) is 2. The Morgan fingerprint density at radius 1 is 1.38 bits per heavy atom. The monoisotopic (exact) mass is 303 g/mol. The van der Waals surface area contributed by atoms with E-state index in [0.29, 0.717) is 17.7 Å². The fraction of sp³-hybridized carbons (Fsp3) is 0.267. The van der Waals surface area contributed by atoms with E-state index < -0.39 is 6.09 Å². The number of nitrogens with zero attached hydrogens (tertiary/aromatic N) is 1. The highest BCUT2D eigenvalue weighted by molar-refractivity contribution is 7.71. The van der Waals surface area contributed by atoms with E-state index in [4.69, 9.17) is 17.0 Å². The van der Waals surface area contributed by atoms with E-state index in [2.05, 4.69) is 15.3 Å². The van der Waals surface area contributed by atoms with Crippen molar-refractivity contribution < 1.29 is 9.53 Å². The van der Waals surface area contributed by atoms with Gasteiger partial charge in [-0.1, -0.05) is 30.3 Å². The molecule has 0 aliphatic carbocycles. The number of nitrogens with one attached hydrogen (secondary N) is 2. The van der Waals surface area contributed by atoms with E-state index in [0.717, 1.165) is 16.8 Å². The molecule has 5 nitrogen and oxygen atoms in total. The van der Waals surface area contributed by atoms with Gasteiger partial charge >= 0.3 is 6.09 Å². The van der Waals surface area contributed by atoms with Gasteiger partial charge in [0.1, 0.15) is 6.61 Å². The zero-order chi connectivity index (χ0) is 15.1. The highest BCUT2D eigenvalue weighted by Crippen LogP contribution is 2.03. The van der Waals surface area contributed by atoms with Crippen molar-refractivity contribution in [2.24, 2.45) is 0 Å². The zero-order valence-corrected chi connectivity index (χ0v) is 12.6. The van der Waals surface area contributed by atoms with Crippen LogP contribution < -0.4 is 5.32 Å². The number of aromatic amines is 1. The van der Waals surface area contributed by atoms with E-state index in [-0.39, 0.29) is 6.61 Å². The van der Waals surface area contributed by atoms with E-state index in [1.54, 1.807) is 6.20 Å². The first-order chi connectivity index (χ1) is 10.1. The minimum absolute atomic E-state index is 0.270. The maximum atomic E-state index is 11.6. The number of alkyl carbamates (subject to hydrolysis) is 1. The third-order valence-corrected chi connectivity index (χ3v) is 3.20. The second-order valence-electron chi connectivity index (χ2n) is 4.58. The first kappa shape index (κ1) is 15.2. The van der Waals surface area contributed by atoms with Crippen LogP contribution in [0.1, 0.15) is 16.8 Å². The predicted octanol–water partition coefficient (Wildman–Crippen LogP) is 2.92. The molecule has 6 heteroatoms. The number of ether oxygens (including phenoxy) is 1. The van der Waals surface area contributed by atoms with Gasteiger partial charge in [-0.05, 0) is 36.7 Å². The predicted molar refractivity (Wildman–Crippen MR) is 82.5 cm³/mol. The van der Waals surface area contributed by atoms with Gasteiger partial charge in [-0.2, -0.15) is 0 Å². The van der Waals surface area contributed by atoms with Crippen LogP contribution in [-0.4, -0.2) is 22.6 Å². The molecule has 1 aromatic carbocycles. The van der Waals surface area contributed by atoms with E-state index in [9.17, 15) is 4.79 Å². The van der Waals surface area contributed by atoms with Gasteiger partial charge in [0.2, 0.25) is 0 Å². The molecule has 0 atom stereocenters. The summed E-state index contributed by atoms with van der Waals surface area (Å²) in [7, 11) is 0. The minimum Gasteiger partial charge on any atom is -0.445 e. The van der Waals surface area contributed by atoms with Crippen LogP contribution in [0.15, 0.2) is 36.5 Å². The van der Waals surface area contributed by atoms with E-state index in [1.807, 2.05) is 37.3 Å². The molecule has 2 N–H and O–H groups in total. The number of aryl methyl sites for hydroxylation is 1. The van der Waals surface area contributed by atoms with Crippen LogP contribution in [0.5, 0.6) is 0 Å². The molecule has 1 heterocycles. The van der Waals surface area contributed by atoms with E-state index in [1.165, 1.54) is 0 Å². The molecule has 110 valence electrons. The molecule has 0 radical (unpaired) electrons. The zero-order valence-electron chi connectivity index (χ0n) is 11.8. The molecular formula is C15H17N3O2S. The van der Waals surface area contributed by atoms with Gasteiger partial charge < -0.3 is 15.0 Å². The number of H-pyrrole nitrogens is 1. The first-order valence-corrected chi connectivity index (χ1v) is 7.05. The van der Waals surface area contributed by atoms with Crippen LogP contribution in [0.3, 0.4) is 0 Å². The molecule has 0 bridgehead atoms. The number of carbonyl (C=O) groups is 1. The summed E-state index contributed by atoms with van der Waals surface area (Å²) in [5.41, 5.74) is 2.95. The Labute approximate surface area is 128 Å². The number of amides is 1. The van der Waals surface area contributed by atoms with Gasteiger partial charge in [0.05, 0.1) is 0 Å². The lowest BCUT2D eigenvalue weighted by Crippen LogP contribution is -2.26. The molecule has 1 amide bonds. The Balaban J connectivity index is 1.73. The van der Waals surface area contributed by atoms with Crippen molar-refractivity contribution in [3.8, 4) is 0 Å². The van der Waals surface area contributed by atoms with Crippen LogP contribution in [0.4, 0.5) is 4.79 Å². The normalized spacial score (nSPS) is 10.1. The first-order valence-electron chi connectivity index (χ1n) is 6.64. The average molecular weight is 303 g/mol.